The zero-order valence-electron chi connectivity index (χ0n) is 10.7. The van der Waals surface area contributed by atoms with Crippen LogP contribution in [0.4, 0.5) is 0 Å². The van der Waals surface area contributed by atoms with E-state index in [1.165, 1.54) is 0 Å². The van der Waals surface area contributed by atoms with E-state index in [1.807, 2.05) is 42.5 Å². The van der Waals surface area contributed by atoms with Crippen molar-refractivity contribution in [1.29, 1.82) is 0 Å². The summed E-state index contributed by atoms with van der Waals surface area (Å²) in [6.45, 7) is 4.53. The Morgan fingerprint density at radius 1 is 1.37 bits per heavy atom. The second-order valence-corrected chi connectivity index (χ2v) is 7.61. The molecule has 0 saturated carbocycles. The summed E-state index contributed by atoms with van der Waals surface area (Å²) in [4.78, 5) is 13.9. The molecule has 1 aromatic rings. The minimum atomic E-state index is -0.791. The first-order valence-corrected chi connectivity index (χ1v) is 8.10. The lowest BCUT2D eigenvalue weighted by Crippen LogP contribution is -2.65. The average Bonchev–Trinajstić information content (AvgIpc) is 2.28. The van der Waals surface area contributed by atoms with Crippen LogP contribution in [0.1, 0.15) is 24.2 Å². The van der Waals surface area contributed by atoms with E-state index in [4.69, 9.17) is 0 Å². The van der Waals surface area contributed by atoms with Crippen LogP contribution in [-0.4, -0.2) is 39.7 Å². The fraction of sp³-hybridized carbons (Fsp3) is 0.462. The highest BCUT2D eigenvalue weighted by molar-refractivity contribution is 14.1. The van der Waals surface area contributed by atoms with Crippen LogP contribution in [0.3, 0.4) is 0 Å². The number of hydrogen-bond donors (Lipinski definition) is 2. The summed E-state index contributed by atoms with van der Waals surface area (Å²) in [7, 11) is 0. The van der Waals surface area contributed by atoms with Crippen molar-refractivity contribution < 1.29 is 15.0 Å². The molecule has 1 heterocycles. The molecule has 0 unspecified atom stereocenters. The number of aromatic hydroxyl groups is 1. The molecule has 0 atom stereocenters. The summed E-state index contributed by atoms with van der Waals surface area (Å²) in [6.07, 6.45) is 0. The van der Waals surface area contributed by atoms with Gasteiger partial charge in [-0.3, -0.25) is 4.79 Å². The number of halogens is 2. The summed E-state index contributed by atoms with van der Waals surface area (Å²) in [5.74, 6) is -0.0912. The zero-order chi connectivity index (χ0) is 14.4. The average molecular weight is 487 g/mol. The molecule has 4 nitrogen and oxygen atoms in total. The van der Waals surface area contributed by atoms with Crippen LogP contribution in [0.15, 0.2) is 12.1 Å². The number of benzene rings is 1. The van der Waals surface area contributed by atoms with Gasteiger partial charge in [0.15, 0.2) is 0 Å². The van der Waals surface area contributed by atoms with Crippen molar-refractivity contribution in [2.45, 2.75) is 19.4 Å². The Bertz CT molecular complexity index is 525. The van der Waals surface area contributed by atoms with Crippen LogP contribution < -0.4 is 0 Å². The van der Waals surface area contributed by atoms with Crippen LogP contribution in [0.5, 0.6) is 5.75 Å². The molecule has 1 aliphatic heterocycles. The Labute approximate surface area is 139 Å². The lowest BCUT2D eigenvalue weighted by molar-refractivity contribution is -0.110. The van der Waals surface area contributed by atoms with Gasteiger partial charge in [0.05, 0.1) is 22.2 Å². The minimum Gasteiger partial charge on any atom is -0.506 e. The number of nitrogens with zero attached hydrogens (tertiary/aromatic N) is 1. The Morgan fingerprint density at radius 3 is 2.47 bits per heavy atom. The molecule has 1 saturated heterocycles. The standard InChI is InChI=1S/C13H15I2NO3/c1-7(2)13(19)5-16(6-13)12(18)9-3-8(14)4-10(15)11(9)17/h3-4,7,17,19H,5-6H2,1-2H3. The van der Waals surface area contributed by atoms with E-state index in [0.29, 0.717) is 22.2 Å². The number of phenols is 1. The van der Waals surface area contributed by atoms with Crippen molar-refractivity contribution in [2.75, 3.05) is 13.1 Å². The predicted molar refractivity (Wildman–Crippen MR) is 89.2 cm³/mol. The van der Waals surface area contributed by atoms with Crippen LogP contribution in [0, 0.1) is 13.1 Å². The van der Waals surface area contributed by atoms with Crippen molar-refractivity contribution in [3.63, 3.8) is 0 Å². The molecule has 0 aliphatic carbocycles. The van der Waals surface area contributed by atoms with Gasteiger partial charge in [-0.15, -0.1) is 0 Å². The molecule has 0 spiro atoms. The number of carbonyl (C=O) groups is 1. The van der Waals surface area contributed by atoms with Crippen LogP contribution in [-0.2, 0) is 0 Å². The quantitative estimate of drug-likeness (QED) is 0.631. The summed E-state index contributed by atoms with van der Waals surface area (Å²) >= 11 is 4.12. The van der Waals surface area contributed by atoms with E-state index in [-0.39, 0.29) is 17.6 Å². The molecule has 2 N–H and O–H groups in total. The Morgan fingerprint density at radius 2 is 1.95 bits per heavy atom. The molecule has 2 rings (SSSR count). The fourth-order valence-corrected chi connectivity index (χ4v) is 3.87. The highest BCUT2D eigenvalue weighted by atomic mass is 127. The third kappa shape index (κ3) is 2.85. The monoisotopic (exact) mass is 487 g/mol. The molecule has 1 fully saturated rings. The van der Waals surface area contributed by atoms with Gasteiger partial charge in [-0.25, -0.2) is 0 Å². The van der Waals surface area contributed by atoms with Gasteiger partial charge in [-0.1, -0.05) is 13.8 Å². The summed E-state index contributed by atoms with van der Waals surface area (Å²) in [6, 6.07) is 3.49. The topological polar surface area (TPSA) is 60.8 Å². The fourth-order valence-electron chi connectivity index (χ4n) is 2.02. The molecule has 1 amide bonds. The number of carbonyl (C=O) groups excluding carboxylic acids is 1. The lowest BCUT2D eigenvalue weighted by atomic mass is 9.82. The number of amides is 1. The smallest absolute Gasteiger partial charge is 0.257 e. The van der Waals surface area contributed by atoms with Gasteiger partial charge in [0.2, 0.25) is 0 Å². The van der Waals surface area contributed by atoms with Gasteiger partial charge < -0.3 is 15.1 Å². The van der Waals surface area contributed by atoms with Gasteiger partial charge in [0, 0.05) is 3.57 Å². The first-order chi connectivity index (χ1) is 8.74. The van der Waals surface area contributed by atoms with Gasteiger partial charge in [-0.05, 0) is 63.2 Å². The molecule has 1 aliphatic rings. The highest BCUT2D eigenvalue weighted by Crippen LogP contribution is 2.33. The van der Waals surface area contributed by atoms with Gasteiger partial charge in [0.25, 0.3) is 5.91 Å². The van der Waals surface area contributed by atoms with Crippen LogP contribution in [0.25, 0.3) is 0 Å². The molecule has 6 heteroatoms. The van der Waals surface area contributed by atoms with Crippen molar-refractivity contribution in [3.8, 4) is 5.75 Å². The molecule has 0 aromatic heterocycles. The molecular weight excluding hydrogens is 472 g/mol. The number of rotatable bonds is 2. The van der Waals surface area contributed by atoms with Gasteiger partial charge in [0.1, 0.15) is 11.4 Å². The van der Waals surface area contributed by atoms with Crippen molar-refractivity contribution in [2.24, 2.45) is 5.92 Å². The SMILES string of the molecule is CC(C)C1(O)CN(C(=O)c2cc(I)cc(I)c2O)C1. The second kappa shape index (κ2) is 5.36. The predicted octanol–water partition coefficient (Wildman–Crippen LogP) is 2.44. The maximum absolute atomic E-state index is 12.3. The highest BCUT2D eigenvalue weighted by Gasteiger charge is 2.46. The third-order valence-electron chi connectivity index (χ3n) is 3.55. The normalized spacial score (nSPS) is 17.5. The molecule has 1 aromatic carbocycles. The third-order valence-corrected chi connectivity index (χ3v) is 4.99. The second-order valence-electron chi connectivity index (χ2n) is 5.20. The summed E-state index contributed by atoms with van der Waals surface area (Å²) in [5, 5.41) is 20.2. The maximum atomic E-state index is 12.3. The molecule has 0 radical (unpaired) electrons. The number of aliphatic hydroxyl groups is 1. The zero-order valence-corrected chi connectivity index (χ0v) is 15.0. The molecule has 19 heavy (non-hydrogen) atoms. The number of hydrogen-bond acceptors (Lipinski definition) is 3. The molecule has 0 bridgehead atoms. The Kier molecular flexibility index (Phi) is 4.32. The molecule has 104 valence electrons. The van der Waals surface area contributed by atoms with E-state index < -0.39 is 5.60 Å². The van der Waals surface area contributed by atoms with E-state index in [1.54, 1.807) is 11.0 Å². The Hall–Kier alpha value is -0.0900. The number of likely N-dealkylation sites (tertiary alicyclic amines) is 1. The van der Waals surface area contributed by atoms with Crippen molar-refractivity contribution >= 4 is 51.1 Å². The number of β-amino-alcohol motifs (C(OH)–C–C–N with tert-alkyl or cyclic N) is 1. The van der Waals surface area contributed by atoms with Crippen molar-refractivity contribution in [1.82, 2.24) is 4.90 Å². The van der Waals surface area contributed by atoms with Crippen molar-refractivity contribution in [3.05, 3.63) is 24.8 Å². The number of phenolic OH excluding ortho intramolecular Hbond substituents is 1. The van der Waals surface area contributed by atoms with Crippen LogP contribution >= 0.6 is 45.2 Å². The van der Waals surface area contributed by atoms with Gasteiger partial charge in [-0.2, -0.15) is 0 Å². The van der Waals surface area contributed by atoms with E-state index in [2.05, 4.69) is 22.6 Å². The van der Waals surface area contributed by atoms with E-state index in [9.17, 15) is 15.0 Å². The first kappa shape index (κ1) is 15.3. The summed E-state index contributed by atoms with van der Waals surface area (Å²) < 4.78 is 1.57. The van der Waals surface area contributed by atoms with E-state index in [0.717, 1.165) is 3.57 Å². The molecular formula is C13H15I2NO3. The van der Waals surface area contributed by atoms with Gasteiger partial charge >= 0.3 is 0 Å². The maximum Gasteiger partial charge on any atom is 0.257 e. The van der Waals surface area contributed by atoms with E-state index >= 15 is 0 Å². The first-order valence-electron chi connectivity index (χ1n) is 5.94. The van der Waals surface area contributed by atoms with Crippen LogP contribution in [0.2, 0.25) is 0 Å². The Balaban J connectivity index is 2.19. The minimum absolute atomic E-state index is 0.0194. The lowest BCUT2D eigenvalue weighted by Gasteiger charge is -2.49. The summed E-state index contributed by atoms with van der Waals surface area (Å²) in [5.41, 5.74) is -0.484. The largest absolute Gasteiger partial charge is 0.506 e.